The monoisotopic (exact) mass is 397 g/mol. The third kappa shape index (κ3) is 4.69. The molecule has 1 amide bonds. The molecule has 0 aliphatic rings. The zero-order valence-electron chi connectivity index (χ0n) is 11.6. The Morgan fingerprint density at radius 1 is 1.18 bits per heavy atom. The normalized spacial score (nSPS) is 9.95. The fourth-order valence-electron chi connectivity index (χ4n) is 1.71. The summed E-state index contributed by atoms with van der Waals surface area (Å²) in [6.45, 7) is 1.92. The standard InChI is InChI=1S/C15H13BrClN3OS/c1-9-3-2-4-10(7-9)14(21)19-20-15(22)18-11-5-6-12(16)13(17)8-11/h2-8H,1H3,(H,19,21)(H2,18,20,22). The number of hydrogen-bond donors (Lipinski definition) is 3. The number of thiocarbonyl (C=S) groups is 1. The van der Waals surface area contributed by atoms with Gasteiger partial charge in [0.25, 0.3) is 5.91 Å². The minimum Gasteiger partial charge on any atom is -0.331 e. The van der Waals surface area contributed by atoms with Crippen molar-refractivity contribution < 1.29 is 4.79 Å². The maximum Gasteiger partial charge on any atom is 0.269 e. The lowest BCUT2D eigenvalue weighted by Gasteiger charge is -2.12. The van der Waals surface area contributed by atoms with E-state index in [9.17, 15) is 4.79 Å². The van der Waals surface area contributed by atoms with Gasteiger partial charge in [0.1, 0.15) is 0 Å². The van der Waals surface area contributed by atoms with E-state index in [0.29, 0.717) is 10.6 Å². The van der Waals surface area contributed by atoms with Crippen LogP contribution in [0.1, 0.15) is 15.9 Å². The Morgan fingerprint density at radius 3 is 2.64 bits per heavy atom. The molecule has 7 heteroatoms. The third-order valence-electron chi connectivity index (χ3n) is 2.75. The van der Waals surface area contributed by atoms with Crippen molar-refractivity contribution in [3.05, 3.63) is 63.1 Å². The highest BCUT2D eigenvalue weighted by Crippen LogP contribution is 2.25. The highest BCUT2D eigenvalue weighted by atomic mass is 79.9. The van der Waals surface area contributed by atoms with Crippen molar-refractivity contribution in [2.45, 2.75) is 6.92 Å². The molecule has 0 radical (unpaired) electrons. The Kier molecular flexibility index (Phi) is 5.76. The average molecular weight is 399 g/mol. The summed E-state index contributed by atoms with van der Waals surface area (Å²) in [6.07, 6.45) is 0. The fourth-order valence-corrected chi connectivity index (χ4v) is 2.30. The van der Waals surface area contributed by atoms with Gasteiger partial charge in [-0.2, -0.15) is 0 Å². The summed E-state index contributed by atoms with van der Waals surface area (Å²) >= 11 is 14.4. The second-order valence-corrected chi connectivity index (χ2v) is 6.20. The molecule has 0 aromatic heterocycles. The van der Waals surface area contributed by atoms with Crippen molar-refractivity contribution in [1.82, 2.24) is 10.9 Å². The molecule has 2 rings (SSSR count). The van der Waals surface area contributed by atoms with Crippen LogP contribution in [0.15, 0.2) is 46.9 Å². The van der Waals surface area contributed by atoms with E-state index < -0.39 is 0 Å². The van der Waals surface area contributed by atoms with Gasteiger partial charge >= 0.3 is 0 Å². The largest absolute Gasteiger partial charge is 0.331 e. The predicted octanol–water partition coefficient (Wildman–Crippen LogP) is 4.04. The number of anilines is 1. The number of carbonyl (C=O) groups is 1. The first kappa shape index (κ1) is 16.7. The van der Waals surface area contributed by atoms with E-state index in [2.05, 4.69) is 32.1 Å². The van der Waals surface area contributed by atoms with E-state index in [4.69, 9.17) is 23.8 Å². The van der Waals surface area contributed by atoms with E-state index in [1.54, 1.807) is 24.3 Å². The number of nitrogens with one attached hydrogen (secondary N) is 3. The molecule has 114 valence electrons. The highest BCUT2D eigenvalue weighted by molar-refractivity contribution is 9.10. The summed E-state index contributed by atoms with van der Waals surface area (Å²) < 4.78 is 0.798. The Bertz CT molecular complexity index is 724. The molecule has 2 aromatic carbocycles. The SMILES string of the molecule is Cc1cccc(C(=O)NNC(=S)Nc2ccc(Br)c(Cl)c2)c1. The Balaban J connectivity index is 1.90. The molecular formula is C15H13BrClN3OS. The molecule has 0 spiro atoms. The maximum absolute atomic E-state index is 12.0. The number of hydrogen-bond acceptors (Lipinski definition) is 2. The van der Waals surface area contributed by atoms with Gasteiger partial charge < -0.3 is 5.32 Å². The molecular weight excluding hydrogens is 386 g/mol. The van der Waals surface area contributed by atoms with Crippen molar-refractivity contribution >= 4 is 56.5 Å². The number of benzene rings is 2. The van der Waals surface area contributed by atoms with Gasteiger partial charge in [-0.15, -0.1) is 0 Å². The molecule has 0 saturated carbocycles. The summed E-state index contributed by atoms with van der Waals surface area (Å²) in [5.41, 5.74) is 7.47. The van der Waals surface area contributed by atoms with E-state index in [1.807, 2.05) is 25.1 Å². The van der Waals surface area contributed by atoms with Crippen LogP contribution in [-0.2, 0) is 0 Å². The van der Waals surface area contributed by atoms with Crippen LogP contribution in [0.4, 0.5) is 5.69 Å². The van der Waals surface area contributed by atoms with Gasteiger partial charge in [-0.1, -0.05) is 29.3 Å². The quantitative estimate of drug-likeness (QED) is 0.528. The van der Waals surface area contributed by atoms with Gasteiger partial charge in [0.15, 0.2) is 5.11 Å². The van der Waals surface area contributed by atoms with Gasteiger partial charge in [-0.25, -0.2) is 0 Å². The number of hydrazine groups is 1. The van der Waals surface area contributed by atoms with Crippen LogP contribution < -0.4 is 16.2 Å². The first-order chi connectivity index (χ1) is 10.5. The third-order valence-corrected chi connectivity index (χ3v) is 4.18. The second-order valence-electron chi connectivity index (χ2n) is 4.53. The lowest BCUT2D eigenvalue weighted by Crippen LogP contribution is -2.43. The number of halogens is 2. The Hall–Kier alpha value is -1.63. The molecule has 0 fully saturated rings. The lowest BCUT2D eigenvalue weighted by molar-refractivity contribution is 0.0944. The molecule has 0 aliphatic carbocycles. The fraction of sp³-hybridized carbons (Fsp3) is 0.0667. The molecule has 0 unspecified atom stereocenters. The lowest BCUT2D eigenvalue weighted by atomic mass is 10.1. The number of aryl methyl sites for hydroxylation is 1. The van der Waals surface area contributed by atoms with Gasteiger partial charge in [0.05, 0.1) is 5.02 Å². The van der Waals surface area contributed by atoms with Crippen LogP contribution in [0.25, 0.3) is 0 Å². The van der Waals surface area contributed by atoms with Gasteiger partial charge in [0, 0.05) is 15.7 Å². The number of carbonyl (C=O) groups excluding carboxylic acids is 1. The van der Waals surface area contributed by atoms with E-state index in [0.717, 1.165) is 15.7 Å². The zero-order chi connectivity index (χ0) is 16.1. The predicted molar refractivity (Wildman–Crippen MR) is 97.2 cm³/mol. The maximum atomic E-state index is 12.0. The highest BCUT2D eigenvalue weighted by Gasteiger charge is 2.06. The summed E-state index contributed by atoms with van der Waals surface area (Å²) in [6, 6.07) is 12.6. The molecule has 0 bridgehead atoms. The van der Waals surface area contributed by atoms with Crippen molar-refractivity contribution in [3.8, 4) is 0 Å². The Morgan fingerprint density at radius 2 is 1.95 bits per heavy atom. The van der Waals surface area contributed by atoms with Crippen LogP contribution >= 0.6 is 39.7 Å². The number of rotatable bonds is 2. The second kappa shape index (κ2) is 7.58. The molecule has 4 nitrogen and oxygen atoms in total. The summed E-state index contributed by atoms with van der Waals surface area (Å²) in [7, 11) is 0. The molecule has 3 N–H and O–H groups in total. The van der Waals surface area contributed by atoms with Crippen LogP contribution in [0, 0.1) is 6.92 Å². The summed E-state index contributed by atoms with van der Waals surface area (Å²) in [5, 5.41) is 3.76. The van der Waals surface area contributed by atoms with Gasteiger partial charge in [0.2, 0.25) is 0 Å². The van der Waals surface area contributed by atoms with Crippen LogP contribution in [0.5, 0.6) is 0 Å². The first-order valence-electron chi connectivity index (χ1n) is 6.35. The average Bonchev–Trinajstić information content (AvgIpc) is 2.48. The van der Waals surface area contributed by atoms with E-state index in [-0.39, 0.29) is 11.0 Å². The number of amides is 1. The summed E-state index contributed by atoms with van der Waals surface area (Å²) in [4.78, 5) is 12.0. The first-order valence-corrected chi connectivity index (χ1v) is 7.92. The molecule has 0 atom stereocenters. The van der Waals surface area contributed by atoms with Crippen molar-refractivity contribution in [3.63, 3.8) is 0 Å². The van der Waals surface area contributed by atoms with Crippen LogP contribution in [-0.4, -0.2) is 11.0 Å². The van der Waals surface area contributed by atoms with Crippen LogP contribution in [0.3, 0.4) is 0 Å². The van der Waals surface area contributed by atoms with Crippen molar-refractivity contribution in [2.75, 3.05) is 5.32 Å². The van der Waals surface area contributed by atoms with E-state index in [1.165, 1.54) is 0 Å². The van der Waals surface area contributed by atoms with E-state index >= 15 is 0 Å². The van der Waals surface area contributed by atoms with Gasteiger partial charge in [-0.05, 0) is 65.4 Å². The molecule has 0 saturated heterocycles. The molecule has 22 heavy (non-hydrogen) atoms. The summed E-state index contributed by atoms with van der Waals surface area (Å²) in [5.74, 6) is -0.262. The Labute approximate surface area is 147 Å². The molecule has 0 aliphatic heterocycles. The molecule has 0 heterocycles. The minimum atomic E-state index is -0.262. The topological polar surface area (TPSA) is 53.2 Å². The van der Waals surface area contributed by atoms with Gasteiger partial charge in [-0.3, -0.25) is 15.6 Å². The smallest absolute Gasteiger partial charge is 0.269 e. The zero-order valence-corrected chi connectivity index (χ0v) is 14.8. The van der Waals surface area contributed by atoms with Crippen molar-refractivity contribution in [2.24, 2.45) is 0 Å². The van der Waals surface area contributed by atoms with Crippen molar-refractivity contribution in [1.29, 1.82) is 0 Å². The molecule has 2 aromatic rings. The minimum absolute atomic E-state index is 0.262. The van der Waals surface area contributed by atoms with Crippen LogP contribution in [0.2, 0.25) is 5.02 Å².